The molecule has 0 spiro atoms. The Balaban J connectivity index is 2.12. The molecule has 0 aliphatic heterocycles. The summed E-state index contributed by atoms with van der Waals surface area (Å²) in [7, 11) is 0. The van der Waals surface area contributed by atoms with Crippen LogP contribution in [-0.4, -0.2) is 16.4 Å². The molecule has 0 atom stereocenters. The van der Waals surface area contributed by atoms with Gasteiger partial charge in [-0.05, 0) is 18.6 Å². The summed E-state index contributed by atoms with van der Waals surface area (Å²) in [5.41, 5.74) is 1.42. The van der Waals surface area contributed by atoms with E-state index in [9.17, 15) is 4.79 Å². The number of ether oxygens (including phenoxy) is 1. The third kappa shape index (κ3) is 2.56. The van der Waals surface area contributed by atoms with Crippen LogP contribution in [0.4, 0.5) is 0 Å². The van der Waals surface area contributed by atoms with Crippen LogP contribution in [0.25, 0.3) is 0 Å². The van der Waals surface area contributed by atoms with Gasteiger partial charge >= 0.3 is 0 Å². The number of aryl methyl sites for hydroxylation is 2. The van der Waals surface area contributed by atoms with E-state index in [0.717, 1.165) is 11.8 Å². The topological polar surface area (TPSA) is 65.2 Å². The fourth-order valence-corrected chi connectivity index (χ4v) is 1.59. The van der Waals surface area contributed by atoms with Crippen molar-refractivity contribution in [2.45, 2.75) is 26.9 Å². The van der Waals surface area contributed by atoms with Gasteiger partial charge in [-0.1, -0.05) is 24.2 Å². The van der Waals surface area contributed by atoms with E-state index in [1.165, 1.54) is 0 Å². The maximum Gasteiger partial charge on any atom is 0.264 e. The number of nitrogens with zero attached hydrogens (tertiary/aromatic N) is 2. The van der Waals surface area contributed by atoms with Crippen molar-refractivity contribution in [1.29, 1.82) is 0 Å². The van der Waals surface area contributed by atoms with Crippen LogP contribution >= 0.6 is 0 Å². The minimum absolute atomic E-state index is 0.165. The molecule has 18 heavy (non-hydrogen) atoms. The molecule has 0 saturated carbocycles. The molecule has 1 aromatic heterocycles. The van der Waals surface area contributed by atoms with Gasteiger partial charge in [-0.3, -0.25) is 4.79 Å². The fraction of sp³-hybridized carbons (Fsp3) is 0.308. The van der Waals surface area contributed by atoms with Crippen LogP contribution in [-0.2, 0) is 13.0 Å². The summed E-state index contributed by atoms with van der Waals surface area (Å²) in [6.07, 6.45) is 1.49. The zero-order valence-corrected chi connectivity index (χ0v) is 10.3. The molecule has 1 heterocycles. The highest BCUT2D eigenvalue weighted by atomic mass is 16.5. The van der Waals surface area contributed by atoms with Crippen molar-refractivity contribution < 1.29 is 14.1 Å². The molecule has 94 valence electrons. The number of benzene rings is 1. The van der Waals surface area contributed by atoms with Gasteiger partial charge in [0.1, 0.15) is 5.75 Å². The maximum absolute atomic E-state index is 10.9. The number of rotatable bonds is 5. The Morgan fingerprint density at radius 3 is 2.94 bits per heavy atom. The van der Waals surface area contributed by atoms with Crippen LogP contribution < -0.4 is 4.74 Å². The number of aldehydes is 1. The molecule has 0 aliphatic rings. The first kappa shape index (κ1) is 12.3. The van der Waals surface area contributed by atoms with Crippen LogP contribution in [0.5, 0.6) is 5.75 Å². The lowest BCUT2D eigenvalue weighted by Crippen LogP contribution is -2.00. The smallest absolute Gasteiger partial charge is 0.264 e. The highest BCUT2D eigenvalue weighted by molar-refractivity contribution is 5.80. The summed E-state index contributed by atoms with van der Waals surface area (Å²) in [5, 5.41) is 3.78. The molecule has 0 radical (unpaired) electrons. The quantitative estimate of drug-likeness (QED) is 0.757. The van der Waals surface area contributed by atoms with E-state index in [-0.39, 0.29) is 6.61 Å². The average Bonchev–Trinajstić information content (AvgIpc) is 2.85. The Morgan fingerprint density at radius 1 is 1.44 bits per heavy atom. The van der Waals surface area contributed by atoms with E-state index in [4.69, 9.17) is 9.26 Å². The number of carbonyl (C=O) groups excluding carboxylic acids is 1. The van der Waals surface area contributed by atoms with Crippen LogP contribution in [0.3, 0.4) is 0 Å². The summed E-state index contributed by atoms with van der Waals surface area (Å²) in [5.74, 6) is 1.62. The third-order valence-corrected chi connectivity index (χ3v) is 2.54. The molecule has 2 rings (SSSR count). The molecule has 0 N–H and O–H groups in total. The summed E-state index contributed by atoms with van der Waals surface area (Å²) >= 11 is 0. The molecular formula is C13H14N2O3. The summed E-state index contributed by atoms with van der Waals surface area (Å²) in [6.45, 7) is 3.99. The Hall–Kier alpha value is -2.17. The van der Waals surface area contributed by atoms with Crippen LogP contribution in [0.1, 0.15) is 34.6 Å². The second-order valence-corrected chi connectivity index (χ2v) is 3.86. The number of hydrogen-bond acceptors (Lipinski definition) is 5. The molecule has 5 nitrogen and oxygen atoms in total. The van der Waals surface area contributed by atoms with E-state index < -0.39 is 0 Å². The van der Waals surface area contributed by atoms with E-state index in [1.54, 1.807) is 6.07 Å². The molecule has 0 amide bonds. The Bertz CT molecular complexity index is 549. The normalized spacial score (nSPS) is 10.3. The van der Waals surface area contributed by atoms with E-state index >= 15 is 0 Å². The van der Waals surface area contributed by atoms with Gasteiger partial charge in [-0.2, -0.15) is 4.98 Å². The summed E-state index contributed by atoms with van der Waals surface area (Å²) < 4.78 is 10.6. The van der Waals surface area contributed by atoms with Crippen LogP contribution in [0.2, 0.25) is 0 Å². The second-order valence-electron chi connectivity index (χ2n) is 3.86. The predicted molar refractivity (Wildman–Crippen MR) is 64.6 cm³/mol. The van der Waals surface area contributed by atoms with E-state index in [1.807, 2.05) is 26.0 Å². The zero-order chi connectivity index (χ0) is 13.0. The molecule has 0 saturated heterocycles. The Labute approximate surface area is 105 Å². The van der Waals surface area contributed by atoms with Gasteiger partial charge in [0.2, 0.25) is 0 Å². The summed E-state index contributed by atoms with van der Waals surface area (Å²) in [4.78, 5) is 15.0. The molecule has 0 unspecified atom stereocenters. The molecule has 2 aromatic rings. The second kappa shape index (κ2) is 5.44. The highest BCUT2D eigenvalue weighted by Crippen LogP contribution is 2.22. The largest absolute Gasteiger partial charge is 0.483 e. The third-order valence-electron chi connectivity index (χ3n) is 2.54. The maximum atomic E-state index is 10.9. The lowest BCUT2D eigenvalue weighted by atomic mass is 10.1. The van der Waals surface area contributed by atoms with Crippen molar-refractivity contribution in [2.24, 2.45) is 0 Å². The number of hydrogen-bond donors (Lipinski definition) is 0. The fourth-order valence-electron chi connectivity index (χ4n) is 1.59. The van der Waals surface area contributed by atoms with Crippen molar-refractivity contribution in [3.8, 4) is 5.75 Å². The lowest BCUT2D eigenvalue weighted by molar-refractivity contribution is 0.111. The van der Waals surface area contributed by atoms with Gasteiger partial charge in [-0.15, -0.1) is 0 Å². The highest BCUT2D eigenvalue weighted by Gasteiger charge is 2.09. The van der Waals surface area contributed by atoms with E-state index in [0.29, 0.717) is 29.4 Å². The Morgan fingerprint density at radius 2 is 2.28 bits per heavy atom. The first-order valence-corrected chi connectivity index (χ1v) is 5.73. The monoisotopic (exact) mass is 246 g/mol. The van der Waals surface area contributed by atoms with Gasteiger partial charge in [0.25, 0.3) is 5.89 Å². The molecule has 0 fully saturated rings. The van der Waals surface area contributed by atoms with Crippen molar-refractivity contribution in [3.05, 3.63) is 41.0 Å². The van der Waals surface area contributed by atoms with Gasteiger partial charge in [0, 0.05) is 6.42 Å². The average molecular weight is 246 g/mol. The van der Waals surface area contributed by atoms with E-state index in [2.05, 4.69) is 10.1 Å². The van der Waals surface area contributed by atoms with Crippen molar-refractivity contribution in [2.75, 3.05) is 0 Å². The van der Waals surface area contributed by atoms with Crippen molar-refractivity contribution >= 4 is 6.29 Å². The summed E-state index contributed by atoms with van der Waals surface area (Å²) in [6, 6.07) is 5.40. The predicted octanol–water partition coefficient (Wildman–Crippen LogP) is 2.33. The SMILES string of the molecule is CCc1noc(COc2c(C)cccc2C=O)n1. The van der Waals surface area contributed by atoms with Gasteiger partial charge in [-0.25, -0.2) is 0 Å². The molecule has 5 heteroatoms. The van der Waals surface area contributed by atoms with Crippen LogP contribution in [0, 0.1) is 6.92 Å². The molecular weight excluding hydrogens is 232 g/mol. The zero-order valence-electron chi connectivity index (χ0n) is 10.3. The number of carbonyl (C=O) groups is 1. The van der Waals surface area contributed by atoms with Gasteiger partial charge < -0.3 is 9.26 Å². The number of aromatic nitrogens is 2. The minimum Gasteiger partial charge on any atom is -0.483 e. The first-order chi connectivity index (χ1) is 8.74. The van der Waals surface area contributed by atoms with Crippen LogP contribution in [0.15, 0.2) is 22.7 Å². The van der Waals surface area contributed by atoms with Crippen molar-refractivity contribution in [3.63, 3.8) is 0 Å². The van der Waals surface area contributed by atoms with Gasteiger partial charge in [0.05, 0.1) is 5.56 Å². The van der Waals surface area contributed by atoms with Gasteiger partial charge in [0.15, 0.2) is 18.7 Å². The molecule has 1 aromatic carbocycles. The standard InChI is InChI=1S/C13H14N2O3/c1-3-11-14-12(18-15-11)8-17-13-9(2)5-4-6-10(13)7-16/h4-7H,3,8H2,1-2H3. The Kier molecular flexibility index (Phi) is 3.72. The number of para-hydroxylation sites is 1. The first-order valence-electron chi connectivity index (χ1n) is 5.73. The molecule has 0 bridgehead atoms. The molecule has 0 aliphatic carbocycles. The minimum atomic E-state index is 0.165. The van der Waals surface area contributed by atoms with Crippen molar-refractivity contribution in [1.82, 2.24) is 10.1 Å². The lowest BCUT2D eigenvalue weighted by Gasteiger charge is -2.08.